The average Bonchev–Trinajstić information content (AvgIpc) is 2.85. The molecule has 20 heavy (non-hydrogen) atoms. The topological polar surface area (TPSA) is 72.6 Å². The van der Waals surface area contributed by atoms with E-state index in [1.165, 1.54) is 6.07 Å². The molecule has 1 aromatic heterocycles. The van der Waals surface area contributed by atoms with Crippen LogP contribution in [0.5, 0.6) is 5.75 Å². The molecule has 106 valence electrons. The van der Waals surface area contributed by atoms with Crippen molar-refractivity contribution in [2.75, 3.05) is 7.11 Å². The second-order valence-electron chi connectivity index (χ2n) is 3.76. The standard InChI is InChI=1S/C12H8F3NO4/c1-19-10-6(3-2-4-8(10)12(13,14)15)9-7(11(17)18)5-16-20-9/h2-5H,1H3,(H,17,18). The number of ether oxygens (including phenoxy) is 1. The van der Waals surface area contributed by atoms with Gasteiger partial charge < -0.3 is 14.4 Å². The van der Waals surface area contributed by atoms with Crippen LogP contribution in [0.4, 0.5) is 13.2 Å². The van der Waals surface area contributed by atoms with Crippen LogP contribution in [0.3, 0.4) is 0 Å². The number of aromatic nitrogens is 1. The van der Waals surface area contributed by atoms with E-state index in [0.29, 0.717) is 0 Å². The molecule has 0 aliphatic heterocycles. The highest BCUT2D eigenvalue weighted by Crippen LogP contribution is 2.42. The van der Waals surface area contributed by atoms with Crippen molar-refractivity contribution in [2.24, 2.45) is 0 Å². The molecule has 0 saturated heterocycles. The van der Waals surface area contributed by atoms with E-state index in [1.54, 1.807) is 0 Å². The second kappa shape index (κ2) is 4.87. The van der Waals surface area contributed by atoms with Crippen LogP contribution in [-0.4, -0.2) is 23.3 Å². The molecular weight excluding hydrogens is 279 g/mol. The van der Waals surface area contributed by atoms with Crippen LogP contribution >= 0.6 is 0 Å². The van der Waals surface area contributed by atoms with E-state index in [4.69, 9.17) is 14.4 Å². The Morgan fingerprint density at radius 3 is 2.65 bits per heavy atom. The van der Waals surface area contributed by atoms with Crippen molar-refractivity contribution >= 4 is 5.97 Å². The molecule has 0 spiro atoms. The SMILES string of the molecule is COc1c(-c2oncc2C(=O)O)cccc1C(F)(F)F. The Hall–Kier alpha value is -2.51. The number of alkyl halides is 3. The monoisotopic (exact) mass is 287 g/mol. The van der Waals surface area contributed by atoms with Crippen LogP contribution in [0.25, 0.3) is 11.3 Å². The minimum absolute atomic E-state index is 0.128. The Labute approximate surface area is 110 Å². The normalized spacial score (nSPS) is 11.4. The molecule has 8 heteroatoms. The maximum atomic E-state index is 12.9. The average molecular weight is 287 g/mol. The van der Waals surface area contributed by atoms with Gasteiger partial charge in [-0.15, -0.1) is 0 Å². The number of hydrogen-bond acceptors (Lipinski definition) is 4. The van der Waals surface area contributed by atoms with E-state index in [0.717, 1.165) is 25.4 Å². The van der Waals surface area contributed by atoms with Crippen molar-refractivity contribution in [2.45, 2.75) is 6.18 Å². The minimum Gasteiger partial charge on any atom is -0.495 e. The van der Waals surface area contributed by atoms with Gasteiger partial charge in [-0.3, -0.25) is 0 Å². The molecule has 0 atom stereocenters. The maximum Gasteiger partial charge on any atom is 0.419 e. The van der Waals surface area contributed by atoms with Crippen LogP contribution in [0.15, 0.2) is 28.9 Å². The molecule has 0 saturated carbocycles. The van der Waals surface area contributed by atoms with Crippen LogP contribution in [0, 0.1) is 0 Å². The molecule has 0 aliphatic rings. The van der Waals surface area contributed by atoms with Crippen LogP contribution < -0.4 is 4.74 Å². The number of methoxy groups -OCH3 is 1. The first-order valence-corrected chi connectivity index (χ1v) is 5.28. The number of hydrogen-bond donors (Lipinski definition) is 1. The predicted octanol–water partition coefficient (Wildman–Crippen LogP) is 3.07. The largest absolute Gasteiger partial charge is 0.495 e. The lowest BCUT2D eigenvalue weighted by Gasteiger charge is -2.14. The number of carboxylic acid groups (broad SMARTS) is 1. The second-order valence-corrected chi connectivity index (χ2v) is 3.76. The molecule has 2 aromatic rings. The quantitative estimate of drug-likeness (QED) is 0.939. The smallest absolute Gasteiger partial charge is 0.419 e. The summed E-state index contributed by atoms with van der Waals surface area (Å²) in [6.45, 7) is 0. The van der Waals surface area contributed by atoms with Gasteiger partial charge in [-0.05, 0) is 12.1 Å². The predicted molar refractivity (Wildman–Crippen MR) is 60.5 cm³/mol. The van der Waals surface area contributed by atoms with Gasteiger partial charge in [0.25, 0.3) is 0 Å². The van der Waals surface area contributed by atoms with Gasteiger partial charge in [-0.1, -0.05) is 11.2 Å². The first-order chi connectivity index (χ1) is 9.36. The Morgan fingerprint density at radius 1 is 1.40 bits per heavy atom. The number of benzene rings is 1. The Morgan fingerprint density at radius 2 is 2.10 bits per heavy atom. The third kappa shape index (κ3) is 2.31. The molecule has 0 aliphatic carbocycles. The summed E-state index contributed by atoms with van der Waals surface area (Å²) < 4.78 is 48.1. The van der Waals surface area contributed by atoms with Gasteiger partial charge in [0.2, 0.25) is 0 Å². The third-order valence-electron chi connectivity index (χ3n) is 2.57. The summed E-state index contributed by atoms with van der Waals surface area (Å²) in [7, 11) is 1.06. The molecule has 0 bridgehead atoms. The molecule has 1 aromatic carbocycles. The Bertz CT molecular complexity index is 648. The summed E-state index contributed by atoms with van der Waals surface area (Å²) in [6, 6.07) is 3.23. The third-order valence-corrected chi connectivity index (χ3v) is 2.57. The molecule has 0 amide bonds. The first-order valence-electron chi connectivity index (χ1n) is 5.28. The lowest BCUT2D eigenvalue weighted by atomic mass is 10.0. The van der Waals surface area contributed by atoms with Gasteiger partial charge in [0, 0.05) is 0 Å². The highest BCUT2D eigenvalue weighted by atomic mass is 19.4. The van der Waals surface area contributed by atoms with E-state index in [-0.39, 0.29) is 16.9 Å². The van der Waals surface area contributed by atoms with E-state index in [9.17, 15) is 18.0 Å². The molecule has 0 unspecified atom stereocenters. The van der Waals surface area contributed by atoms with E-state index >= 15 is 0 Å². The molecule has 5 nitrogen and oxygen atoms in total. The summed E-state index contributed by atoms with van der Waals surface area (Å²) in [5.74, 6) is -2.17. The van der Waals surface area contributed by atoms with Gasteiger partial charge >= 0.3 is 12.1 Å². The summed E-state index contributed by atoms with van der Waals surface area (Å²) in [4.78, 5) is 11.0. The van der Waals surface area contributed by atoms with Gasteiger partial charge in [-0.25, -0.2) is 4.79 Å². The van der Waals surface area contributed by atoms with E-state index < -0.39 is 23.5 Å². The fourth-order valence-electron chi connectivity index (χ4n) is 1.75. The maximum absolute atomic E-state index is 12.9. The first kappa shape index (κ1) is 13.9. The van der Waals surface area contributed by atoms with Crippen molar-refractivity contribution in [3.63, 3.8) is 0 Å². The Balaban J connectivity index is 2.69. The number of para-hydroxylation sites is 1. The molecule has 1 heterocycles. The molecular formula is C12H8F3NO4. The number of carbonyl (C=O) groups is 1. The van der Waals surface area contributed by atoms with E-state index in [2.05, 4.69) is 5.16 Å². The zero-order valence-corrected chi connectivity index (χ0v) is 10.1. The minimum atomic E-state index is -4.63. The number of carboxylic acids is 1. The highest BCUT2D eigenvalue weighted by Gasteiger charge is 2.36. The molecule has 0 radical (unpaired) electrons. The number of halogens is 3. The number of aromatic carboxylic acids is 1. The lowest BCUT2D eigenvalue weighted by Crippen LogP contribution is -2.08. The van der Waals surface area contributed by atoms with Gasteiger partial charge in [0.1, 0.15) is 11.3 Å². The van der Waals surface area contributed by atoms with Gasteiger partial charge in [0.15, 0.2) is 5.76 Å². The number of nitrogens with zero attached hydrogens (tertiary/aromatic N) is 1. The summed E-state index contributed by atoms with van der Waals surface area (Å²) in [6.07, 6.45) is -3.72. The molecule has 2 rings (SSSR count). The molecule has 0 fully saturated rings. The summed E-state index contributed by atoms with van der Waals surface area (Å²) >= 11 is 0. The summed E-state index contributed by atoms with van der Waals surface area (Å²) in [5.41, 5.74) is -1.50. The van der Waals surface area contributed by atoms with E-state index in [1.807, 2.05) is 0 Å². The van der Waals surface area contributed by atoms with Crippen LogP contribution in [0.2, 0.25) is 0 Å². The van der Waals surface area contributed by atoms with Crippen molar-refractivity contribution < 1.29 is 32.3 Å². The van der Waals surface area contributed by atoms with Crippen molar-refractivity contribution in [3.05, 3.63) is 35.5 Å². The van der Waals surface area contributed by atoms with Crippen LogP contribution in [0.1, 0.15) is 15.9 Å². The zero-order valence-electron chi connectivity index (χ0n) is 10.1. The number of rotatable bonds is 3. The van der Waals surface area contributed by atoms with Crippen molar-refractivity contribution in [1.82, 2.24) is 5.16 Å². The van der Waals surface area contributed by atoms with Gasteiger partial charge in [-0.2, -0.15) is 13.2 Å². The Kier molecular flexibility index (Phi) is 3.39. The van der Waals surface area contributed by atoms with Crippen LogP contribution in [-0.2, 0) is 6.18 Å². The van der Waals surface area contributed by atoms with Gasteiger partial charge in [0.05, 0.1) is 24.4 Å². The highest BCUT2D eigenvalue weighted by molar-refractivity contribution is 5.94. The molecule has 1 N–H and O–H groups in total. The fraction of sp³-hybridized carbons (Fsp3) is 0.167. The lowest BCUT2D eigenvalue weighted by molar-refractivity contribution is -0.138. The fourth-order valence-corrected chi connectivity index (χ4v) is 1.75. The van der Waals surface area contributed by atoms with Crippen molar-refractivity contribution in [3.8, 4) is 17.1 Å². The summed E-state index contributed by atoms with van der Waals surface area (Å²) in [5, 5.41) is 12.2. The van der Waals surface area contributed by atoms with Crippen molar-refractivity contribution in [1.29, 1.82) is 0 Å². The zero-order chi connectivity index (χ0) is 14.9.